The van der Waals surface area contributed by atoms with Crippen LogP contribution in [0.25, 0.3) is 0 Å². The zero-order valence-electron chi connectivity index (χ0n) is 14.3. The lowest BCUT2D eigenvalue weighted by Gasteiger charge is -2.43. The fourth-order valence-corrected chi connectivity index (χ4v) is 4.02. The van der Waals surface area contributed by atoms with Gasteiger partial charge in [0.25, 0.3) is 5.91 Å². The first-order valence-electron chi connectivity index (χ1n) is 8.20. The van der Waals surface area contributed by atoms with E-state index in [4.69, 9.17) is 14.2 Å². The van der Waals surface area contributed by atoms with Gasteiger partial charge in [-0.25, -0.2) is 0 Å². The van der Waals surface area contributed by atoms with E-state index in [1.54, 1.807) is 14.2 Å². The second kappa shape index (κ2) is 6.57. The molecule has 3 rings (SSSR count). The van der Waals surface area contributed by atoms with E-state index >= 15 is 0 Å². The van der Waals surface area contributed by atoms with Crippen molar-refractivity contribution < 1.29 is 19.0 Å². The van der Waals surface area contributed by atoms with E-state index in [2.05, 4.69) is 4.98 Å². The lowest BCUT2D eigenvalue weighted by Crippen LogP contribution is -2.53. The number of ether oxygens (including phenoxy) is 3. The molecule has 1 N–H and O–H groups in total. The maximum Gasteiger partial charge on any atom is 0.270 e. The highest BCUT2D eigenvalue weighted by Crippen LogP contribution is 2.43. The number of likely N-dealkylation sites (tertiary alicyclic amines) is 1. The van der Waals surface area contributed by atoms with Crippen LogP contribution in [-0.4, -0.2) is 61.4 Å². The number of aromatic amines is 1. The van der Waals surface area contributed by atoms with E-state index in [-0.39, 0.29) is 40.5 Å². The Kier molecular flexibility index (Phi) is 4.64. The highest BCUT2D eigenvalue weighted by molar-refractivity contribution is 5.93. The molecule has 1 amide bonds. The molecule has 0 aromatic carbocycles. The molecular weight excluding hydrogens is 312 g/mol. The summed E-state index contributed by atoms with van der Waals surface area (Å²) in [6.07, 6.45) is 4.90. The summed E-state index contributed by atoms with van der Waals surface area (Å²) in [5.74, 6) is 0.00625. The van der Waals surface area contributed by atoms with Crippen LogP contribution in [0.4, 0.5) is 0 Å². The van der Waals surface area contributed by atoms with Crippen molar-refractivity contribution in [2.45, 2.75) is 43.4 Å². The molecule has 2 aliphatic rings. The van der Waals surface area contributed by atoms with E-state index in [9.17, 15) is 9.59 Å². The predicted molar refractivity (Wildman–Crippen MR) is 87.4 cm³/mol. The molecule has 132 valence electrons. The van der Waals surface area contributed by atoms with Crippen LogP contribution in [0.3, 0.4) is 0 Å². The van der Waals surface area contributed by atoms with Gasteiger partial charge in [-0.05, 0) is 25.7 Å². The summed E-state index contributed by atoms with van der Waals surface area (Å²) in [6.45, 7) is 0.613. The molecule has 3 atom stereocenters. The molecule has 1 aromatic rings. The van der Waals surface area contributed by atoms with Gasteiger partial charge in [0.2, 0.25) is 5.43 Å². The number of methoxy groups -OCH3 is 3. The molecule has 7 nitrogen and oxygen atoms in total. The Labute approximate surface area is 140 Å². The van der Waals surface area contributed by atoms with Crippen molar-refractivity contribution >= 4 is 5.91 Å². The number of rotatable bonds is 4. The molecule has 1 aliphatic carbocycles. The van der Waals surface area contributed by atoms with E-state index < -0.39 is 0 Å². The molecule has 1 aliphatic heterocycles. The van der Waals surface area contributed by atoms with Crippen LogP contribution in [0.2, 0.25) is 0 Å². The number of H-pyrrole nitrogens is 1. The molecule has 7 heteroatoms. The summed E-state index contributed by atoms with van der Waals surface area (Å²) in [6, 6.07) is 1.25. The third-order valence-corrected chi connectivity index (χ3v) is 5.46. The monoisotopic (exact) mass is 336 g/mol. The third-order valence-electron chi connectivity index (χ3n) is 5.46. The van der Waals surface area contributed by atoms with Crippen molar-refractivity contribution in [1.82, 2.24) is 9.88 Å². The second-order valence-corrected chi connectivity index (χ2v) is 6.44. The van der Waals surface area contributed by atoms with Crippen LogP contribution in [-0.2, 0) is 9.47 Å². The lowest BCUT2D eigenvalue weighted by molar-refractivity contribution is -0.0894. The van der Waals surface area contributed by atoms with Gasteiger partial charge in [-0.15, -0.1) is 0 Å². The topological polar surface area (TPSA) is 80.9 Å². The van der Waals surface area contributed by atoms with Crippen molar-refractivity contribution in [3.63, 3.8) is 0 Å². The van der Waals surface area contributed by atoms with E-state index in [1.165, 1.54) is 19.4 Å². The number of fused-ring (bicyclic) bond motifs is 1. The molecule has 1 saturated carbocycles. The minimum absolute atomic E-state index is 0.0423. The van der Waals surface area contributed by atoms with E-state index in [0.717, 1.165) is 25.7 Å². The van der Waals surface area contributed by atoms with Crippen LogP contribution in [0.5, 0.6) is 5.75 Å². The van der Waals surface area contributed by atoms with Crippen LogP contribution < -0.4 is 10.2 Å². The zero-order valence-corrected chi connectivity index (χ0v) is 14.3. The Morgan fingerprint density at radius 3 is 2.75 bits per heavy atom. The highest BCUT2D eigenvalue weighted by atomic mass is 16.5. The van der Waals surface area contributed by atoms with Crippen molar-refractivity contribution in [2.75, 3.05) is 27.9 Å². The predicted octanol–water partition coefficient (Wildman–Crippen LogP) is 1.18. The standard InChI is InChI=1S/C17H24N2O5/c1-22-11-4-5-17(24-3)6-7-19(15(17)8-11)16(21)12-9-13(20)14(23-2)10-18-12/h9-11,15H,4-8H2,1-3H3,(H,18,20)/t11-,15-,17+/m0/s1. The molecule has 2 heterocycles. The molecule has 24 heavy (non-hydrogen) atoms. The largest absolute Gasteiger partial charge is 0.491 e. The van der Waals surface area contributed by atoms with Gasteiger partial charge in [-0.3, -0.25) is 9.59 Å². The van der Waals surface area contributed by atoms with Crippen molar-refractivity contribution in [3.8, 4) is 5.75 Å². The number of hydrogen-bond acceptors (Lipinski definition) is 5. The Morgan fingerprint density at radius 2 is 2.12 bits per heavy atom. The molecule has 0 bridgehead atoms. The number of nitrogens with zero attached hydrogens (tertiary/aromatic N) is 1. The number of carbonyl (C=O) groups is 1. The number of aromatic nitrogens is 1. The molecule has 0 spiro atoms. The maximum absolute atomic E-state index is 12.9. The van der Waals surface area contributed by atoms with Gasteiger partial charge in [-0.2, -0.15) is 0 Å². The van der Waals surface area contributed by atoms with Crippen molar-refractivity contribution in [2.24, 2.45) is 0 Å². The minimum Gasteiger partial charge on any atom is -0.491 e. The smallest absolute Gasteiger partial charge is 0.270 e. The summed E-state index contributed by atoms with van der Waals surface area (Å²) in [5.41, 5.74) is -0.347. The molecular formula is C17H24N2O5. The minimum atomic E-state index is -0.310. The Hall–Kier alpha value is -1.86. The number of pyridine rings is 1. The van der Waals surface area contributed by atoms with Crippen LogP contribution in [0.15, 0.2) is 17.1 Å². The van der Waals surface area contributed by atoms with Gasteiger partial charge < -0.3 is 24.1 Å². The zero-order chi connectivity index (χ0) is 17.3. The van der Waals surface area contributed by atoms with Crippen LogP contribution >= 0.6 is 0 Å². The summed E-state index contributed by atoms with van der Waals surface area (Å²) in [4.78, 5) is 29.5. The van der Waals surface area contributed by atoms with Gasteiger partial charge in [0.15, 0.2) is 5.75 Å². The van der Waals surface area contributed by atoms with Crippen molar-refractivity contribution in [1.29, 1.82) is 0 Å². The Morgan fingerprint density at radius 1 is 1.33 bits per heavy atom. The molecule has 0 radical (unpaired) electrons. The third kappa shape index (κ3) is 2.71. The number of hydrogen-bond donors (Lipinski definition) is 1. The highest BCUT2D eigenvalue weighted by Gasteiger charge is 2.52. The Balaban J connectivity index is 1.87. The first-order valence-corrected chi connectivity index (χ1v) is 8.20. The summed E-state index contributed by atoms with van der Waals surface area (Å²) < 4.78 is 16.3. The summed E-state index contributed by atoms with van der Waals surface area (Å²) in [5, 5.41) is 0. The Bertz CT molecular complexity index is 673. The average Bonchev–Trinajstić information content (AvgIpc) is 3.00. The molecule has 1 saturated heterocycles. The van der Waals surface area contributed by atoms with Crippen molar-refractivity contribution in [3.05, 3.63) is 28.2 Å². The van der Waals surface area contributed by atoms with Gasteiger partial charge in [-0.1, -0.05) is 0 Å². The normalized spacial score (nSPS) is 29.4. The summed E-state index contributed by atoms with van der Waals surface area (Å²) in [7, 11) is 4.84. The molecule has 2 fully saturated rings. The first-order chi connectivity index (χ1) is 11.5. The van der Waals surface area contributed by atoms with Gasteiger partial charge in [0, 0.05) is 33.0 Å². The summed E-state index contributed by atoms with van der Waals surface area (Å²) >= 11 is 0. The maximum atomic E-state index is 12.9. The first kappa shape index (κ1) is 17.0. The quantitative estimate of drug-likeness (QED) is 0.893. The number of amides is 1. The van der Waals surface area contributed by atoms with Gasteiger partial charge >= 0.3 is 0 Å². The van der Waals surface area contributed by atoms with Gasteiger partial charge in [0.05, 0.1) is 24.9 Å². The molecule has 0 unspecified atom stereocenters. The SMILES string of the molecule is COc1c[nH]c(C(=O)N2CC[C@]3(OC)CC[C@H](OC)C[C@H]23)cc1=O. The molecule has 1 aromatic heterocycles. The van der Waals surface area contributed by atoms with Gasteiger partial charge in [0.1, 0.15) is 5.69 Å². The van der Waals surface area contributed by atoms with E-state index in [0.29, 0.717) is 6.54 Å². The lowest BCUT2D eigenvalue weighted by atomic mass is 9.79. The number of nitrogens with one attached hydrogen (secondary N) is 1. The fourth-order valence-electron chi connectivity index (χ4n) is 4.02. The number of carbonyl (C=O) groups excluding carboxylic acids is 1. The second-order valence-electron chi connectivity index (χ2n) is 6.44. The average molecular weight is 336 g/mol. The van der Waals surface area contributed by atoms with Crippen LogP contribution in [0.1, 0.15) is 36.2 Å². The van der Waals surface area contributed by atoms with Crippen LogP contribution in [0, 0.1) is 0 Å². The van der Waals surface area contributed by atoms with E-state index in [1.807, 2.05) is 4.90 Å². The fraction of sp³-hybridized carbons (Fsp3) is 0.647.